The second-order valence-corrected chi connectivity index (χ2v) is 3.72. The molecule has 0 amide bonds. The highest BCUT2D eigenvalue weighted by atomic mass is 16.5. The molecule has 0 aliphatic carbocycles. The van der Waals surface area contributed by atoms with Crippen molar-refractivity contribution in [2.75, 3.05) is 12.8 Å². The van der Waals surface area contributed by atoms with Gasteiger partial charge in [-0.2, -0.15) is 4.98 Å². The Hall–Kier alpha value is -2.30. The van der Waals surface area contributed by atoms with E-state index in [0.717, 1.165) is 6.42 Å². The molecule has 1 aromatic carbocycles. The Morgan fingerprint density at radius 1 is 1.28 bits per heavy atom. The number of benzene rings is 1. The lowest BCUT2D eigenvalue weighted by atomic mass is 10.1. The zero-order valence-electron chi connectivity index (χ0n) is 10.4. The van der Waals surface area contributed by atoms with Crippen LogP contribution in [0.25, 0.3) is 0 Å². The summed E-state index contributed by atoms with van der Waals surface area (Å²) < 4.78 is 10.9. The molecule has 0 fully saturated rings. The fourth-order valence-electron chi connectivity index (χ4n) is 1.53. The molecule has 5 heteroatoms. The molecular formula is C13H15N3O2. The van der Waals surface area contributed by atoms with E-state index in [1.807, 2.05) is 18.2 Å². The third-order valence-corrected chi connectivity index (χ3v) is 2.55. The van der Waals surface area contributed by atoms with Crippen molar-refractivity contribution in [3.05, 3.63) is 36.3 Å². The van der Waals surface area contributed by atoms with E-state index < -0.39 is 0 Å². The summed E-state index contributed by atoms with van der Waals surface area (Å²) in [6.07, 6.45) is 3.82. The van der Waals surface area contributed by atoms with Crippen molar-refractivity contribution >= 4 is 5.69 Å². The number of methoxy groups -OCH3 is 1. The largest absolute Gasteiger partial charge is 0.493 e. The number of anilines is 1. The third kappa shape index (κ3) is 2.51. The number of ether oxygens (including phenoxy) is 2. The van der Waals surface area contributed by atoms with Crippen LogP contribution in [-0.2, 0) is 6.42 Å². The lowest BCUT2D eigenvalue weighted by Gasteiger charge is -2.11. The van der Waals surface area contributed by atoms with Crippen molar-refractivity contribution in [2.45, 2.75) is 13.3 Å². The molecule has 0 aliphatic heterocycles. The van der Waals surface area contributed by atoms with Crippen molar-refractivity contribution in [1.82, 2.24) is 9.97 Å². The van der Waals surface area contributed by atoms with E-state index >= 15 is 0 Å². The van der Waals surface area contributed by atoms with Crippen LogP contribution in [-0.4, -0.2) is 17.1 Å². The van der Waals surface area contributed by atoms with Gasteiger partial charge in [0.15, 0.2) is 11.5 Å². The number of aromatic nitrogens is 2. The predicted octanol–water partition coefficient (Wildman–Crippen LogP) is 2.42. The predicted molar refractivity (Wildman–Crippen MR) is 68.9 cm³/mol. The van der Waals surface area contributed by atoms with Crippen LogP contribution in [0.4, 0.5) is 5.69 Å². The number of nitrogens with zero attached hydrogens (tertiary/aromatic N) is 2. The van der Waals surface area contributed by atoms with Gasteiger partial charge < -0.3 is 15.2 Å². The first-order valence-electron chi connectivity index (χ1n) is 5.64. The maximum Gasteiger partial charge on any atom is 0.245 e. The highest BCUT2D eigenvalue weighted by Gasteiger charge is 2.09. The van der Waals surface area contributed by atoms with Gasteiger partial charge in [0.1, 0.15) is 12.0 Å². The summed E-state index contributed by atoms with van der Waals surface area (Å²) in [5.74, 6) is 1.57. The van der Waals surface area contributed by atoms with Crippen molar-refractivity contribution in [3.63, 3.8) is 0 Å². The van der Waals surface area contributed by atoms with Crippen LogP contribution in [0, 0.1) is 0 Å². The second-order valence-electron chi connectivity index (χ2n) is 3.72. The Balaban J connectivity index is 2.32. The van der Waals surface area contributed by atoms with Crippen LogP contribution in [0.1, 0.15) is 12.5 Å². The normalized spacial score (nSPS) is 10.1. The molecule has 0 radical (unpaired) electrons. The molecule has 0 atom stereocenters. The smallest absolute Gasteiger partial charge is 0.245 e. The lowest BCUT2D eigenvalue weighted by Crippen LogP contribution is -1.97. The van der Waals surface area contributed by atoms with E-state index in [0.29, 0.717) is 23.1 Å². The van der Waals surface area contributed by atoms with E-state index in [1.54, 1.807) is 7.11 Å². The number of aryl methyl sites for hydroxylation is 1. The van der Waals surface area contributed by atoms with E-state index in [1.165, 1.54) is 18.1 Å². The molecule has 0 saturated carbocycles. The Morgan fingerprint density at radius 3 is 2.78 bits per heavy atom. The summed E-state index contributed by atoms with van der Waals surface area (Å²) in [5, 5.41) is 0. The first kappa shape index (κ1) is 12.2. The summed E-state index contributed by atoms with van der Waals surface area (Å²) in [6, 6.07) is 5.77. The number of nitrogen functional groups attached to an aromatic ring is 1. The molecule has 2 rings (SSSR count). The topological polar surface area (TPSA) is 70.3 Å². The van der Waals surface area contributed by atoms with Gasteiger partial charge in [0.05, 0.1) is 13.3 Å². The van der Waals surface area contributed by atoms with Gasteiger partial charge in [-0.05, 0) is 24.1 Å². The van der Waals surface area contributed by atoms with Gasteiger partial charge in [-0.1, -0.05) is 13.0 Å². The number of hydrogen-bond acceptors (Lipinski definition) is 5. The van der Waals surface area contributed by atoms with Gasteiger partial charge in [0, 0.05) is 0 Å². The SMILES string of the molecule is CCc1ccc(Oc2ncncc2N)c(OC)c1. The van der Waals surface area contributed by atoms with Gasteiger partial charge in [-0.3, -0.25) is 0 Å². The summed E-state index contributed by atoms with van der Waals surface area (Å²) >= 11 is 0. The lowest BCUT2D eigenvalue weighted by molar-refractivity contribution is 0.374. The first-order chi connectivity index (χ1) is 8.74. The molecule has 0 aliphatic rings. The van der Waals surface area contributed by atoms with Gasteiger partial charge in [0.25, 0.3) is 0 Å². The van der Waals surface area contributed by atoms with E-state index in [2.05, 4.69) is 16.9 Å². The second kappa shape index (κ2) is 5.35. The minimum atomic E-state index is 0.326. The van der Waals surface area contributed by atoms with E-state index in [-0.39, 0.29) is 0 Å². The Morgan fingerprint density at radius 2 is 2.11 bits per heavy atom. The molecule has 2 aromatic rings. The van der Waals surface area contributed by atoms with Gasteiger partial charge >= 0.3 is 0 Å². The number of hydrogen-bond donors (Lipinski definition) is 1. The summed E-state index contributed by atoms with van der Waals surface area (Å²) in [5.41, 5.74) is 7.29. The zero-order chi connectivity index (χ0) is 13.0. The average molecular weight is 245 g/mol. The molecule has 0 bridgehead atoms. The average Bonchev–Trinajstić information content (AvgIpc) is 2.41. The van der Waals surface area contributed by atoms with Crippen LogP contribution >= 0.6 is 0 Å². The maximum absolute atomic E-state index is 5.73. The van der Waals surface area contributed by atoms with Gasteiger partial charge in [-0.25, -0.2) is 4.98 Å². The molecule has 94 valence electrons. The standard InChI is InChI=1S/C13H15N3O2/c1-3-9-4-5-11(12(6-9)17-2)18-13-10(14)7-15-8-16-13/h4-8H,3,14H2,1-2H3. The number of nitrogens with two attached hydrogens (primary N) is 1. The monoisotopic (exact) mass is 245 g/mol. The van der Waals surface area contributed by atoms with Crippen LogP contribution < -0.4 is 15.2 Å². The Bertz CT molecular complexity index is 544. The van der Waals surface area contributed by atoms with Crippen molar-refractivity contribution < 1.29 is 9.47 Å². The van der Waals surface area contributed by atoms with Crippen molar-refractivity contribution in [2.24, 2.45) is 0 Å². The molecule has 18 heavy (non-hydrogen) atoms. The van der Waals surface area contributed by atoms with Crippen LogP contribution in [0.2, 0.25) is 0 Å². The summed E-state index contributed by atoms with van der Waals surface area (Å²) in [6.45, 7) is 2.08. The Labute approximate surface area is 106 Å². The molecule has 1 aromatic heterocycles. The highest BCUT2D eigenvalue weighted by molar-refractivity contribution is 5.50. The van der Waals surface area contributed by atoms with Gasteiger partial charge in [-0.15, -0.1) is 0 Å². The third-order valence-electron chi connectivity index (χ3n) is 2.55. The van der Waals surface area contributed by atoms with E-state index in [9.17, 15) is 0 Å². The van der Waals surface area contributed by atoms with Gasteiger partial charge in [0.2, 0.25) is 5.88 Å². The highest BCUT2D eigenvalue weighted by Crippen LogP contribution is 2.33. The van der Waals surface area contributed by atoms with Crippen LogP contribution in [0.15, 0.2) is 30.7 Å². The fourth-order valence-corrected chi connectivity index (χ4v) is 1.53. The summed E-state index contributed by atoms with van der Waals surface area (Å²) in [7, 11) is 1.60. The quantitative estimate of drug-likeness (QED) is 0.895. The molecule has 0 unspecified atom stereocenters. The molecule has 2 N–H and O–H groups in total. The minimum Gasteiger partial charge on any atom is -0.493 e. The van der Waals surface area contributed by atoms with Crippen LogP contribution in [0.3, 0.4) is 0 Å². The fraction of sp³-hybridized carbons (Fsp3) is 0.231. The number of rotatable bonds is 4. The van der Waals surface area contributed by atoms with Crippen molar-refractivity contribution in [3.8, 4) is 17.4 Å². The molecule has 0 saturated heterocycles. The molecule has 5 nitrogen and oxygen atoms in total. The first-order valence-corrected chi connectivity index (χ1v) is 5.64. The molecular weight excluding hydrogens is 230 g/mol. The summed E-state index contributed by atoms with van der Waals surface area (Å²) in [4.78, 5) is 7.79. The molecule has 1 heterocycles. The van der Waals surface area contributed by atoms with Crippen LogP contribution in [0.5, 0.6) is 17.4 Å². The van der Waals surface area contributed by atoms with E-state index in [4.69, 9.17) is 15.2 Å². The molecule has 0 spiro atoms. The Kier molecular flexibility index (Phi) is 3.62. The zero-order valence-corrected chi connectivity index (χ0v) is 10.4. The maximum atomic E-state index is 5.73. The minimum absolute atomic E-state index is 0.326. The van der Waals surface area contributed by atoms with Crippen molar-refractivity contribution in [1.29, 1.82) is 0 Å².